The largest absolute Gasteiger partial charge is 0.339 e. The third kappa shape index (κ3) is 3.79. The number of nitrogens with one attached hydrogen (secondary N) is 1. The molecule has 5 heteroatoms. The van der Waals surface area contributed by atoms with E-state index in [1.807, 2.05) is 29.5 Å². The minimum absolute atomic E-state index is 0.904. The molecule has 1 aromatic heterocycles. The molecule has 0 spiro atoms. The lowest BCUT2D eigenvalue weighted by Crippen LogP contribution is -2.29. The molecule has 0 saturated carbocycles. The first kappa shape index (κ1) is 20.3. The highest BCUT2D eigenvalue weighted by molar-refractivity contribution is 7.85. The summed E-state index contributed by atoms with van der Waals surface area (Å²) in [7, 11) is -1.13. The summed E-state index contributed by atoms with van der Waals surface area (Å²) in [4.78, 5) is 5.71. The van der Waals surface area contributed by atoms with Crippen molar-refractivity contribution >= 4 is 33.5 Å². The predicted molar refractivity (Wildman–Crippen MR) is 124 cm³/mol. The van der Waals surface area contributed by atoms with Gasteiger partial charge in [-0.15, -0.1) is 11.3 Å². The highest BCUT2D eigenvalue weighted by atomic mass is 32.2. The number of benzene rings is 2. The van der Waals surface area contributed by atoms with Gasteiger partial charge in [-0.25, -0.2) is 4.21 Å². The predicted octanol–water partition coefficient (Wildman–Crippen LogP) is 5.78. The van der Waals surface area contributed by atoms with Crippen molar-refractivity contribution < 1.29 is 4.21 Å². The molecule has 29 heavy (non-hydrogen) atoms. The van der Waals surface area contributed by atoms with Gasteiger partial charge < -0.3 is 10.2 Å². The zero-order chi connectivity index (χ0) is 20.5. The number of hydrogen-bond donors (Lipinski definition) is 1. The van der Waals surface area contributed by atoms with Crippen molar-refractivity contribution in [2.24, 2.45) is 0 Å². The molecule has 0 aliphatic carbocycles. The van der Waals surface area contributed by atoms with E-state index < -0.39 is 10.8 Å². The third-order valence-corrected chi connectivity index (χ3v) is 8.41. The lowest BCUT2D eigenvalue weighted by molar-refractivity contribution is 0.649. The summed E-state index contributed by atoms with van der Waals surface area (Å²) in [5, 5.41) is 5.74. The molecule has 1 unspecified atom stereocenters. The fraction of sp³-hybridized carbons (Fsp3) is 0.333. The number of para-hydroxylation sites is 1. The van der Waals surface area contributed by atoms with Crippen LogP contribution in [-0.2, 0) is 17.3 Å². The maximum Gasteiger partial charge on any atom is 0.0895 e. The quantitative estimate of drug-likeness (QED) is 0.509. The van der Waals surface area contributed by atoms with E-state index in [4.69, 9.17) is 0 Å². The topological polar surface area (TPSA) is 32.3 Å². The molecule has 1 atom stereocenters. The Morgan fingerprint density at radius 2 is 1.83 bits per heavy atom. The molecule has 3 nitrogen and oxygen atoms in total. The van der Waals surface area contributed by atoms with Crippen LogP contribution in [-0.4, -0.2) is 17.3 Å². The van der Waals surface area contributed by atoms with E-state index in [0.29, 0.717) is 0 Å². The minimum atomic E-state index is -1.13. The summed E-state index contributed by atoms with van der Waals surface area (Å²) in [6.45, 7) is 11.3. The maximum atomic E-state index is 13.4. The van der Waals surface area contributed by atoms with Gasteiger partial charge in [0, 0.05) is 18.0 Å². The van der Waals surface area contributed by atoms with Crippen LogP contribution in [0.25, 0.3) is 0 Å². The summed E-state index contributed by atoms with van der Waals surface area (Å²) in [5.41, 5.74) is 7.20. The minimum Gasteiger partial charge on any atom is -0.339 e. The van der Waals surface area contributed by atoms with Gasteiger partial charge in [0.2, 0.25) is 0 Å². The Kier molecular flexibility index (Phi) is 5.91. The van der Waals surface area contributed by atoms with E-state index in [1.54, 1.807) is 0 Å². The van der Waals surface area contributed by atoms with E-state index in [2.05, 4.69) is 61.5 Å². The Morgan fingerprint density at radius 3 is 2.59 bits per heavy atom. The number of rotatable bonds is 6. The second kappa shape index (κ2) is 8.42. The van der Waals surface area contributed by atoms with Gasteiger partial charge >= 0.3 is 0 Å². The van der Waals surface area contributed by atoms with Crippen LogP contribution < -0.4 is 10.2 Å². The van der Waals surface area contributed by atoms with Gasteiger partial charge in [0.25, 0.3) is 0 Å². The van der Waals surface area contributed by atoms with E-state index >= 15 is 0 Å². The van der Waals surface area contributed by atoms with Crippen LogP contribution in [0.1, 0.15) is 33.6 Å². The highest BCUT2D eigenvalue weighted by Crippen LogP contribution is 2.45. The van der Waals surface area contributed by atoms with Crippen LogP contribution in [0.2, 0.25) is 0 Å². The van der Waals surface area contributed by atoms with Crippen molar-refractivity contribution in [3.05, 3.63) is 68.9 Å². The van der Waals surface area contributed by atoms with Crippen molar-refractivity contribution in [2.45, 2.75) is 50.5 Å². The molecule has 1 aliphatic rings. The van der Waals surface area contributed by atoms with Crippen LogP contribution in [0.15, 0.2) is 51.6 Å². The summed E-state index contributed by atoms with van der Waals surface area (Å²) in [5.74, 6) is 0. The van der Waals surface area contributed by atoms with Crippen LogP contribution in [0.3, 0.4) is 0 Å². The average molecular weight is 425 g/mol. The van der Waals surface area contributed by atoms with Crippen molar-refractivity contribution in [3.8, 4) is 0 Å². The second-order valence-electron chi connectivity index (χ2n) is 7.76. The van der Waals surface area contributed by atoms with Gasteiger partial charge in [0.1, 0.15) is 0 Å². The highest BCUT2D eigenvalue weighted by Gasteiger charge is 2.31. The summed E-state index contributed by atoms with van der Waals surface area (Å²) >= 11 is 1.82. The van der Waals surface area contributed by atoms with Crippen molar-refractivity contribution in [2.75, 3.05) is 18.0 Å². The number of anilines is 2. The monoisotopic (exact) mass is 424 g/mol. The number of hydrogen-bond acceptors (Lipinski definition) is 4. The van der Waals surface area contributed by atoms with Gasteiger partial charge in [0.05, 0.1) is 32.0 Å². The first-order valence-electron chi connectivity index (χ1n) is 10.1. The zero-order valence-electron chi connectivity index (χ0n) is 17.5. The molecule has 0 bridgehead atoms. The fourth-order valence-corrected chi connectivity index (χ4v) is 6.51. The van der Waals surface area contributed by atoms with Crippen LogP contribution in [0.5, 0.6) is 0 Å². The fourth-order valence-electron chi connectivity index (χ4n) is 4.05. The van der Waals surface area contributed by atoms with E-state index in [-0.39, 0.29) is 0 Å². The SMILES string of the molecule is Cc1ccsc1CNCCCN1c2ccccc2S(=O)c2c(C)cc(C)c(C)c21. The Hall–Kier alpha value is -1.95. The van der Waals surface area contributed by atoms with Gasteiger partial charge in [-0.3, -0.25) is 0 Å². The summed E-state index contributed by atoms with van der Waals surface area (Å²) in [6.07, 6.45) is 1.03. The van der Waals surface area contributed by atoms with Crippen LogP contribution >= 0.6 is 11.3 Å². The van der Waals surface area contributed by atoms with Crippen LogP contribution in [0.4, 0.5) is 11.4 Å². The molecule has 2 aromatic carbocycles. The Morgan fingerprint density at radius 1 is 1.03 bits per heavy atom. The lowest BCUT2D eigenvalue weighted by atomic mass is 10.0. The molecule has 152 valence electrons. The molecule has 4 rings (SSSR count). The van der Waals surface area contributed by atoms with E-state index in [1.165, 1.54) is 21.6 Å². The first-order valence-corrected chi connectivity index (χ1v) is 12.1. The molecule has 0 fully saturated rings. The zero-order valence-corrected chi connectivity index (χ0v) is 19.2. The summed E-state index contributed by atoms with van der Waals surface area (Å²) < 4.78 is 13.4. The smallest absolute Gasteiger partial charge is 0.0895 e. The molecule has 0 saturated heterocycles. The molecule has 3 aromatic rings. The molecule has 2 heterocycles. The molecule has 0 radical (unpaired) electrons. The Bertz CT molecular complexity index is 1070. The van der Waals surface area contributed by atoms with Crippen molar-refractivity contribution in [3.63, 3.8) is 0 Å². The van der Waals surface area contributed by atoms with E-state index in [0.717, 1.165) is 52.8 Å². The molecular formula is C24H28N2OS2. The lowest BCUT2D eigenvalue weighted by Gasteiger charge is -2.35. The molecule has 1 N–H and O–H groups in total. The Labute approximate surface area is 180 Å². The summed E-state index contributed by atoms with van der Waals surface area (Å²) in [6, 6.07) is 12.5. The van der Waals surface area contributed by atoms with Gasteiger partial charge in [-0.05, 0) is 86.5 Å². The maximum absolute atomic E-state index is 13.4. The van der Waals surface area contributed by atoms with Crippen molar-refractivity contribution in [1.29, 1.82) is 0 Å². The van der Waals surface area contributed by atoms with Crippen molar-refractivity contribution in [1.82, 2.24) is 5.32 Å². The first-order chi connectivity index (χ1) is 14.0. The van der Waals surface area contributed by atoms with Crippen LogP contribution in [0, 0.1) is 27.7 Å². The second-order valence-corrected chi connectivity index (χ2v) is 10.1. The molecular weight excluding hydrogens is 396 g/mol. The van der Waals surface area contributed by atoms with Gasteiger partial charge in [-0.2, -0.15) is 0 Å². The molecule has 1 aliphatic heterocycles. The average Bonchev–Trinajstić information content (AvgIpc) is 3.12. The van der Waals surface area contributed by atoms with Gasteiger partial charge in [0.15, 0.2) is 0 Å². The number of thiophene rings is 1. The Balaban J connectivity index is 1.57. The van der Waals surface area contributed by atoms with Gasteiger partial charge in [-0.1, -0.05) is 18.2 Å². The number of nitrogens with zero attached hydrogens (tertiary/aromatic N) is 1. The third-order valence-electron chi connectivity index (χ3n) is 5.75. The number of aryl methyl sites for hydroxylation is 3. The standard InChI is InChI=1S/C24H28N2OS2/c1-16-10-13-28-21(16)15-25-11-7-12-26-20-8-5-6-9-22(20)29(27)24-18(3)14-17(2)19(4)23(24)26/h5-6,8-10,13-14,25H,7,11-12,15H2,1-4H3. The molecule has 0 amide bonds. The number of fused-ring (bicyclic) bond motifs is 2. The van der Waals surface area contributed by atoms with E-state index in [9.17, 15) is 4.21 Å². The normalized spacial score (nSPS) is 15.3.